The number of ether oxygens (including phenoxy) is 2. The molecule has 2 atom stereocenters. The lowest BCUT2D eigenvalue weighted by molar-refractivity contribution is -0.142. The summed E-state index contributed by atoms with van der Waals surface area (Å²) in [5, 5.41) is 0. The van der Waals surface area contributed by atoms with E-state index in [1.165, 1.54) is 7.11 Å². The SMILES string of the molecule is COC(=O)CC(CN)C1CCCOC1. The largest absolute Gasteiger partial charge is 0.469 e. The van der Waals surface area contributed by atoms with E-state index < -0.39 is 0 Å². The Labute approximate surface area is 84.7 Å². The maximum absolute atomic E-state index is 11.1. The molecule has 82 valence electrons. The Morgan fingerprint density at radius 2 is 2.50 bits per heavy atom. The van der Waals surface area contributed by atoms with E-state index in [2.05, 4.69) is 4.74 Å². The maximum Gasteiger partial charge on any atom is 0.305 e. The molecule has 1 aliphatic heterocycles. The molecule has 0 radical (unpaired) electrons. The lowest BCUT2D eigenvalue weighted by Gasteiger charge is -2.28. The molecule has 0 aromatic rings. The van der Waals surface area contributed by atoms with E-state index in [-0.39, 0.29) is 11.9 Å². The average molecular weight is 201 g/mol. The van der Waals surface area contributed by atoms with Crippen LogP contribution in [-0.4, -0.2) is 32.8 Å². The quantitative estimate of drug-likeness (QED) is 0.675. The predicted molar refractivity (Wildman–Crippen MR) is 52.7 cm³/mol. The zero-order chi connectivity index (χ0) is 10.4. The summed E-state index contributed by atoms with van der Waals surface area (Å²) in [4.78, 5) is 11.1. The number of methoxy groups -OCH3 is 1. The number of carbonyl (C=O) groups excluding carboxylic acids is 1. The minimum absolute atomic E-state index is 0.175. The molecule has 0 aliphatic carbocycles. The molecule has 0 aromatic carbocycles. The molecule has 4 heteroatoms. The van der Waals surface area contributed by atoms with E-state index in [9.17, 15) is 4.79 Å². The molecule has 1 rings (SSSR count). The van der Waals surface area contributed by atoms with Crippen molar-refractivity contribution in [3.8, 4) is 0 Å². The zero-order valence-corrected chi connectivity index (χ0v) is 8.70. The first-order valence-electron chi connectivity index (χ1n) is 5.12. The van der Waals surface area contributed by atoms with Crippen molar-refractivity contribution < 1.29 is 14.3 Å². The third-order valence-corrected chi connectivity index (χ3v) is 2.82. The molecule has 0 saturated carbocycles. The molecule has 0 bridgehead atoms. The van der Waals surface area contributed by atoms with Crippen LogP contribution < -0.4 is 5.73 Å². The van der Waals surface area contributed by atoms with E-state index in [1.54, 1.807) is 0 Å². The van der Waals surface area contributed by atoms with E-state index in [0.29, 0.717) is 18.9 Å². The van der Waals surface area contributed by atoms with Crippen LogP contribution in [0.3, 0.4) is 0 Å². The number of carbonyl (C=O) groups is 1. The van der Waals surface area contributed by atoms with Crippen molar-refractivity contribution in [2.24, 2.45) is 17.6 Å². The Bertz CT molecular complexity index is 178. The number of hydrogen-bond acceptors (Lipinski definition) is 4. The highest BCUT2D eigenvalue weighted by atomic mass is 16.5. The topological polar surface area (TPSA) is 61.5 Å². The third-order valence-electron chi connectivity index (χ3n) is 2.82. The number of esters is 1. The first-order valence-corrected chi connectivity index (χ1v) is 5.12. The smallest absolute Gasteiger partial charge is 0.305 e. The number of hydrogen-bond donors (Lipinski definition) is 1. The van der Waals surface area contributed by atoms with Gasteiger partial charge in [0.2, 0.25) is 0 Å². The Morgan fingerprint density at radius 3 is 3.00 bits per heavy atom. The second kappa shape index (κ2) is 5.98. The van der Waals surface area contributed by atoms with Crippen LogP contribution in [0.4, 0.5) is 0 Å². The van der Waals surface area contributed by atoms with Crippen molar-refractivity contribution in [2.45, 2.75) is 19.3 Å². The minimum Gasteiger partial charge on any atom is -0.469 e. The average Bonchev–Trinajstić information content (AvgIpc) is 2.26. The molecule has 0 spiro atoms. The summed E-state index contributed by atoms with van der Waals surface area (Å²) in [6, 6.07) is 0. The van der Waals surface area contributed by atoms with Gasteiger partial charge >= 0.3 is 5.97 Å². The Morgan fingerprint density at radius 1 is 1.71 bits per heavy atom. The van der Waals surface area contributed by atoms with Crippen molar-refractivity contribution in [3.05, 3.63) is 0 Å². The summed E-state index contributed by atoms with van der Waals surface area (Å²) in [7, 11) is 1.41. The molecular weight excluding hydrogens is 182 g/mol. The fraction of sp³-hybridized carbons (Fsp3) is 0.900. The first-order chi connectivity index (χ1) is 6.77. The Balaban J connectivity index is 2.39. The fourth-order valence-corrected chi connectivity index (χ4v) is 1.88. The van der Waals surface area contributed by atoms with Gasteiger partial charge in [-0.05, 0) is 31.2 Å². The molecule has 1 fully saturated rings. The van der Waals surface area contributed by atoms with Gasteiger partial charge in [-0.3, -0.25) is 4.79 Å². The van der Waals surface area contributed by atoms with Gasteiger partial charge in [0.1, 0.15) is 0 Å². The van der Waals surface area contributed by atoms with Crippen molar-refractivity contribution >= 4 is 5.97 Å². The highest BCUT2D eigenvalue weighted by molar-refractivity contribution is 5.69. The summed E-state index contributed by atoms with van der Waals surface area (Å²) < 4.78 is 10.0. The van der Waals surface area contributed by atoms with E-state index in [1.807, 2.05) is 0 Å². The molecule has 1 saturated heterocycles. The molecule has 4 nitrogen and oxygen atoms in total. The Hall–Kier alpha value is -0.610. The van der Waals surface area contributed by atoms with Gasteiger partial charge in [-0.25, -0.2) is 0 Å². The molecule has 2 N–H and O–H groups in total. The van der Waals surface area contributed by atoms with Crippen molar-refractivity contribution in [1.82, 2.24) is 0 Å². The van der Waals surface area contributed by atoms with Gasteiger partial charge in [0.05, 0.1) is 7.11 Å². The van der Waals surface area contributed by atoms with Crippen molar-refractivity contribution in [3.63, 3.8) is 0 Å². The lowest BCUT2D eigenvalue weighted by Crippen LogP contribution is -2.32. The van der Waals surface area contributed by atoms with Gasteiger partial charge in [0.15, 0.2) is 0 Å². The monoisotopic (exact) mass is 201 g/mol. The summed E-state index contributed by atoms with van der Waals surface area (Å²) in [5.41, 5.74) is 5.64. The predicted octanol–water partition coefficient (Wildman–Crippen LogP) is 0.551. The van der Waals surface area contributed by atoms with Crippen LogP contribution in [0.25, 0.3) is 0 Å². The van der Waals surface area contributed by atoms with Crippen LogP contribution in [0.5, 0.6) is 0 Å². The molecule has 0 amide bonds. The van der Waals surface area contributed by atoms with Crippen molar-refractivity contribution in [2.75, 3.05) is 26.9 Å². The maximum atomic E-state index is 11.1. The van der Waals surface area contributed by atoms with Crippen LogP contribution >= 0.6 is 0 Å². The van der Waals surface area contributed by atoms with Gasteiger partial charge in [0.25, 0.3) is 0 Å². The summed E-state index contributed by atoms with van der Waals surface area (Å²) in [6.45, 7) is 2.11. The van der Waals surface area contributed by atoms with Crippen LogP contribution in [0.15, 0.2) is 0 Å². The molecule has 1 heterocycles. The molecule has 1 aliphatic rings. The van der Waals surface area contributed by atoms with Crippen LogP contribution in [0, 0.1) is 11.8 Å². The zero-order valence-electron chi connectivity index (χ0n) is 8.70. The van der Waals surface area contributed by atoms with E-state index >= 15 is 0 Å². The van der Waals surface area contributed by atoms with Gasteiger partial charge in [-0.15, -0.1) is 0 Å². The van der Waals surface area contributed by atoms with Gasteiger partial charge in [0, 0.05) is 19.6 Å². The van der Waals surface area contributed by atoms with Crippen molar-refractivity contribution in [1.29, 1.82) is 0 Å². The second-order valence-electron chi connectivity index (χ2n) is 3.75. The first kappa shape index (κ1) is 11.5. The fourth-order valence-electron chi connectivity index (χ4n) is 1.88. The molecule has 0 aromatic heterocycles. The third kappa shape index (κ3) is 3.27. The summed E-state index contributed by atoms with van der Waals surface area (Å²) >= 11 is 0. The summed E-state index contributed by atoms with van der Waals surface area (Å²) in [6.07, 6.45) is 2.60. The van der Waals surface area contributed by atoms with Gasteiger partial charge in [-0.2, -0.15) is 0 Å². The van der Waals surface area contributed by atoms with Crippen LogP contribution in [-0.2, 0) is 14.3 Å². The van der Waals surface area contributed by atoms with E-state index in [4.69, 9.17) is 10.5 Å². The van der Waals surface area contributed by atoms with Crippen LogP contribution in [0.2, 0.25) is 0 Å². The lowest BCUT2D eigenvalue weighted by atomic mass is 9.85. The molecule has 2 unspecified atom stereocenters. The number of nitrogens with two attached hydrogens (primary N) is 1. The Kier molecular flexibility index (Phi) is 4.90. The molecule has 14 heavy (non-hydrogen) atoms. The van der Waals surface area contributed by atoms with Gasteiger partial charge in [-0.1, -0.05) is 0 Å². The molecular formula is C10H19NO3. The summed E-state index contributed by atoms with van der Waals surface area (Å²) in [5.74, 6) is 0.460. The minimum atomic E-state index is -0.175. The van der Waals surface area contributed by atoms with Crippen LogP contribution in [0.1, 0.15) is 19.3 Å². The van der Waals surface area contributed by atoms with Gasteiger partial charge < -0.3 is 15.2 Å². The number of rotatable bonds is 4. The highest BCUT2D eigenvalue weighted by Gasteiger charge is 2.25. The normalized spacial score (nSPS) is 24.3. The highest BCUT2D eigenvalue weighted by Crippen LogP contribution is 2.24. The van der Waals surface area contributed by atoms with E-state index in [0.717, 1.165) is 26.1 Å². The second-order valence-corrected chi connectivity index (χ2v) is 3.75. The standard InChI is InChI=1S/C10H19NO3/c1-13-10(12)5-9(6-11)8-3-2-4-14-7-8/h8-9H,2-7,11H2,1H3.